The van der Waals surface area contributed by atoms with E-state index in [4.69, 9.17) is 4.74 Å². The topological polar surface area (TPSA) is 132 Å². The molecule has 1 heterocycles. The minimum Gasteiger partial charge on any atom is -0.394 e. The predicted molar refractivity (Wildman–Crippen MR) is 121 cm³/mol. The highest BCUT2D eigenvalue weighted by Gasteiger charge is 2.54. The number of rotatable bonds is 13. The van der Waals surface area contributed by atoms with Gasteiger partial charge in [0.15, 0.2) is 11.4 Å². The molecule has 1 aliphatic heterocycles. The Labute approximate surface area is 189 Å². The van der Waals surface area contributed by atoms with Crippen LogP contribution in [0, 0.1) is 5.92 Å². The molecule has 32 heavy (non-hydrogen) atoms. The summed E-state index contributed by atoms with van der Waals surface area (Å²) < 4.78 is 5.14. The fourth-order valence-corrected chi connectivity index (χ4v) is 3.56. The number of epoxide rings is 1. The van der Waals surface area contributed by atoms with Crippen LogP contribution in [0.1, 0.15) is 44.5 Å². The van der Waals surface area contributed by atoms with Gasteiger partial charge < -0.3 is 30.5 Å². The molecule has 0 spiro atoms. The minimum atomic E-state index is -1.27. The zero-order valence-electron chi connectivity index (χ0n) is 19.3. The number of nitrogens with one attached hydrogen (secondary N) is 2. The molecule has 3 atom stereocenters. The molecule has 9 heteroatoms. The number of hydrogen-bond acceptors (Lipinski definition) is 7. The number of carbonyl (C=O) groups excluding carboxylic acids is 3. The third-order valence-electron chi connectivity index (χ3n) is 5.58. The second-order valence-corrected chi connectivity index (χ2v) is 8.43. The van der Waals surface area contributed by atoms with E-state index < -0.39 is 48.5 Å². The second kappa shape index (κ2) is 11.4. The molecular weight excluding hydrogens is 414 g/mol. The van der Waals surface area contributed by atoms with Crippen LogP contribution in [0.3, 0.4) is 0 Å². The molecule has 9 nitrogen and oxygen atoms in total. The first kappa shape index (κ1) is 25.8. The monoisotopic (exact) mass is 449 g/mol. The van der Waals surface area contributed by atoms with Crippen LogP contribution in [0.15, 0.2) is 24.3 Å². The highest BCUT2D eigenvalue weighted by molar-refractivity contribution is 6.00. The Morgan fingerprint density at radius 3 is 2.28 bits per heavy atom. The fraction of sp³-hybridized carbons (Fsp3) is 0.609. The Morgan fingerprint density at radius 2 is 1.78 bits per heavy atom. The summed E-state index contributed by atoms with van der Waals surface area (Å²) in [4.78, 5) is 40.4. The number of benzene rings is 1. The van der Waals surface area contributed by atoms with Crippen molar-refractivity contribution in [1.29, 1.82) is 0 Å². The van der Waals surface area contributed by atoms with Crippen molar-refractivity contribution in [3.8, 4) is 0 Å². The molecule has 1 aromatic rings. The molecule has 1 aliphatic rings. The Kier molecular flexibility index (Phi) is 9.18. The van der Waals surface area contributed by atoms with E-state index >= 15 is 0 Å². The van der Waals surface area contributed by atoms with E-state index in [9.17, 15) is 24.6 Å². The predicted octanol–water partition coefficient (Wildman–Crippen LogP) is 0.485. The van der Waals surface area contributed by atoms with Gasteiger partial charge in [-0.15, -0.1) is 0 Å². The molecule has 2 rings (SSSR count). The molecule has 1 fully saturated rings. The van der Waals surface area contributed by atoms with Crippen LogP contribution in [0.5, 0.6) is 0 Å². The van der Waals surface area contributed by atoms with E-state index in [1.807, 2.05) is 33.8 Å². The van der Waals surface area contributed by atoms with Gasteiger partial charge in [0.05, 0.1) is 25.9 Å². The summed E-state index contributed by atoms with van der Waals surface area (Å²) >= 11 is 0. The lowest BCUT2D eigenvalue weighted by molar-refractivity contribution is -0.133. The van der Waals surface area contributed by atoms with Gasteiger partial charge in [0.2, 0.25) is 5.91 Å². The Morgan fingerprint density at radius 1 is 1.12 bits per heavy atom. The molecule has 0 saturated carbocycles. The van der Waals surface area contributed by atoms with Crippen LogP contribution in [0.4, 0.5) is 5.69 Å². The second-order valence-electron chi connectivity index (χ2n) is 8.43. The van der Waals surface area contributed by atoms with E-state index in [-0.39, 0.29) is 12.5 Å². The molecular formula is C23H35N3O6. The van der Waals surface area contributed by atoms with Gasteiger partial charge in [0, 0.05) is 24.3 Å². The number of carbonyl (C=O) groups is 3. The molecule has 0 radical (unpaired) electrons. The van der Waals surface area contributed by atoms with E-state index in [1.165, 1.54) is 0 Å². The quantitative estimate of drug-likeness (QED) is 0.322. The maximum Gasteiger partial charge on any atom is 0.252 e. The van der Waals surface area contributed by atoms with E-state index in [0.29, 0.717) is 12.0 Å². The zero-order chi connectivity index (χ0) is 23.9. The van der Waals surface area contributed by atoms with Crippen LogP contribution >= 0.6 is 0 Å². The largest absolute Gasteiger partial charge is 0.394 e. The first-order chi connectivity index (χ1) is 15.2. The number of nitrogens with zero attached hydrogens (tertiary/aromatic N) is 1. The molecule has 1 aromatic carbocycles. The Hall–Kier alpha value is -2.49. The van der Waals surface area contributed by atoms with Crippen LogP contribution in [0.25, 0.3) is 0 Å². The average Bonchev–Trinajstić information content (AvgIpc) is 3.58. The summed E-state index contributed by atoms with van der Waals surface area (Å²) in [5.41, 5.74) is -0.0228. The van der Waals surface area contributed by atoms with Crippen molar-refractivity contribution in [2.75, 3.05) is 37.8 Å². The van der Waals surface area contributed by atoms with Gasteiger partial charge in [-0.3, -0.25) is 14.4 Å². The van der Waals surface area contributed by atoms with Gasteiger partial charge in [-0.1, -0.05) is 19.9 Å². The summed E-state index contributed by atoms with van der Waals surface area (Å²) in [5.74, 6) is -1.49. The molecule has 4 N–H and O–H groups in total. The summed E-state index contributed by atoms with van der Waals surface area (Å²) in [7, 11) is 0. The molecule has 0 aliphatic carbocycles. The van der Waals surface area contributed by atoms with Gasteiger partial charge in [-0.2, -0.15) is 0 Å². The number of Topliss-reactive ketones (excluding diaryl/α,β-unsaturated/α-hetero) is 1. The van der Waals surface area contributed by atoms with Crippen molar-refractivity contribution in [2.45, 2.75) is 51.8 Å². The van der Waals surface area contributed by atoms with E-state index in [0.717, 1.165) is 18.8 Å². The van der Waals surface area contributed by atoms with Crippen LogP contribution < -0.4 is 15.5 Å². The van der Waals surface area contributed by atoms with Crippen LogP contribution in [-0.4, -0.2) is 78.4 Å². The third-order valence-corrected chi connectivity index (χ3v) is 5.58. The average molecular weight is 450 g/mol. The van der Waals surface area contributed by atoms with Crippen molar-refractivity contribution >= 4 is 23.3 Å². The smallest absolute Gasteiger partial charge is 0.252 e. The highest BCUT2D eigenvalue weighted by atomic mass is 16.6. The lowest BCUT2D eigenvalue weighted by atomic mass is 9.92. The molecule has 178 valence electrons. The van der Waals surface area contributed by atoms with Crippen molar-refractivity contribution in [1.82, 2.24) is 10.6 Å². The van der Waals surface area contributed by atoms with Gasteiger partial charge >= 0.3 is 0 Å². The van der Waals surface area contributed by atoms with Crippen molar-refractivity contribution in [3.05, 3.63) is 29.8 Å². The van der Waals surface area contributed by atoms with Crippen LogP contribution in [0.2, 0.25) is 0 Å². The van der Waals surface area contributed by atoms with Crippen molar-refractivity contribution in [3.63, 3.8) is 0 Å². The van der Waals surface area contributed by atoms with Crippen molar-refractivity contribution < 1.29 is 29.3 Å². The van der Waals surface area contributed by atoms with Gasteiger partial charge in [0.25, 0.3) is 5.91 Å². The maximum absolute atomic E-state index is 12.8. The molecule has 0 aromatic heterocycles. The molecule has 0 bridgehead atoms. The van der Waals surface area contributed by atoms with Crippen LogP contribution in [-0.2, 0) is 14.3 Å². The normalized spacial score (nSPS) is 19.2. The number of amides is 2. The molecule has 1 unspecified atom stereocenters. The molecule has 2 amide bonds. The Bertz CT molecular complexity index is 805. The lowest BCUT2D eigenvalue weighted by Crippen LogP contribution is -2.55. The SMILES string of the molecule is CCN(CC)c1cccc(C(=O)N[C@@H](CO)C(=O)N[C@@H](CC(C)C)C(=O)C2(CO)CO2)c1. The third kappa shape index (κ3) is 6.27. The lowest BCUT2D eigenvalue weighted by Gasteiger charge is -2.25. The number of aliphatic hydroxyl groups is 2. The summed E-state index contributed by atoms with van der Waals surface area (Å²) in [5, 5.41) is 24.4. The first-order valence-corrected chi connectivity index (χ1v) is 11.1. The number of ether oxygens (including phenoxy) is 1. The summed E-state index contributed by atoms with van der Waals surface area (Å²) in [6.45, 7) is 8.43. The first-order valence-electron chi connectivity index (χ1n) is 11.1. The van der Waals surface area contributed by atoms with Gasteiger partial charge in [-0.25, -0.2) is 0 Å². The zero-order valence-corrected chi connectivity index (χ0v) is 19.3. The van der Waals surface area contributed by atoms with E-state index in [2.05, 4.69) is 15.5 Å². The number of aliphatic hydroxyl groups excluding tert-OH is 2. The van der Waals surface area contributed by atoms with Gasteiger partial charge in [0.1, 0.15) is 6.04 Å². The summed E-state index contributed by atoms with van der Waals surface area (Å²) in [6, 6.07) is 4.91. The molecule has 1 saturated heterocycles. The highest BCUT2D eigenvalue weighted by Crippen LogP contribution is 2.30. The van der Waals surface area contributed by atoms with Crippen molar-refractivity contribution in [2.24, 2.45) is 5.92 Å². The number of anilines is 1. The number of hydrogen-bond donors (Lipinski definition) is 4. The number of ketones is 1. The minimum absolute atomic E-state index is 0.0868. The summed E-state index contributed by atoms with van der Waals surface area (Å²) in [6.07, 6.45) is 0.341. The maximum atomic E-state index is 12.8. The van der Waals surface area contributed by atoms with Gasteiger partial charge in [-0.05, 0) is 44.4 Å². The van der Waals surface area contributed by atoms with E-state index in [1.54, 1.807) is 18.2 Å². The fourth-order valence-electron chi connectivity index (χ4n) is 3.56. The standard InChI is InChI=1S/C23H35N3O6/c1-5-26(6-2)17-9-7-8-16(11-17)21(30)25-19(12-27)22(31)24-18(10-15(3)4)20(29)23(13-28)14-32-23/h7-9,11,15,18-19,27-28H,5-6,10,12-14H2,1-4H3,(H,24,31)(H,25,30)/t18-,19-,23?/m0/s1. The Balaban J connectivity index is 2.10.